The van der Waals surface area contributed by atoms with Crippen LogP contribution < -0.4 is 9.04 Å². The molecule has 4 nitrogen and oxygen atoms in total. The van der Waals surface area contributed by atoms with Crippen LogP contribution in [-0.4, -0.2) is 22.1 Å². The van der Waals surface area contributed by atoms with Crippen molar-refractivity contribution in [3.63, 3.8) is 0 Å². The van der Waals surface area contributed by atoms with E-state index in [1.807, 2.05) is 6.92 Å². The summed E-state index contributed by atoms with van der Waals surface area (Å²) in [4.78, 5) is 0.148. The highest BCUT2D eigenvalue weighted by atomic mass is 35.5. The van der Waals surface area contributed by atoms with Gasteiger partial charge in [-0.25, -0.2) is 8.42 Å². The zero-order chi connectivity index (χ0) is 16.3. The molecule has 2 aromatic rings. The van der Waals surface area contributed by atoms with Gasteiger partial charge in [0.2, 0.25) is 0 Å². The molecule has 0 spiro atoms. The first-order valence-electron chi connectivity index (χ1n) is 6.53. The largest absolute Gasteiger partial charge is 0.494 e. The molecule has 0 aliphatic rings. The summed E-state index contributed by atoms with van der Waals surface area (Å²) in [5, 5.41) is 0.717. The second-order valence-corrected chi connectivity index (χ2v) is 7.29. The van der Waals surface area contributed by atoms with Gasteiger partial charge in [0, 0.05) is 12.1 Å². The van der Waals surface area contributed by atoms with E-state index < -0.39 is 10.0 Å². The quantitative estimate of drug-likeness (QED) is 0.802. The maximum Gasteiger partial charge on any atom is 0.264 e. The van der Waals surface area contributed by atoms with Crippen LogP contribution in [0.25, 0.3) is 0 Å². The van der Waals surface area contributed by atoms with Crippen LogP contribution in [0.3, 0.4) is 0 Å². The van der Waals surface area contributed by atoms with Crippen LogP contribution in [0.15, 0.2) is 47.4 Å². The Morgan fingerprint density at radius 2 is 1.73 bits per heavy atom. The normalized spacial score (nSPS) is 11.3. The lowest BCUT2D eigenvalue weighted by atomic mass is 10.3. The van der Waals surface area contributed by atoms with Gasteiger partial charge in [-0.2, -0.15) is 0 Å². The van der Waals surface area contributed by atoms with Crippen LogP contribution in [-0.2, 0) is 10.0 Å². The molecular weight excluding hydrogens is 345 g/mol. The standard InChI is InChI=1S/C15H15Cl2NO3S/c1-3-21-12-5-7-13(8-6-12)22(19,20)18(2)15-10-11(16)4-9-14(15)17/h4-10H,3H2,1-2H3. The highest BCUT2D eigenvalue weighted by Crippen LogP contribution is 2.32. The van der Waals surface area contributed by atoms with E-state index in [0.29, 0.717) is 28.1 Å². The summed E-state index contributed by atoms with van der Waals surface area (Å²) >= 11 is 12.0. The van der Waals surface area contributed by atoms with E-state index in [1.54, 1.807) is 24.3 Å². The van der Waals surface area contributed by atoms with Crippen molar-refractivity contribution in [2.45, 2.75) is 11.8 Å². The molecule has 0 bridgehead atoms. The maximum absolute atomic E-state index is 12.6. The second kappa shape index (κ2) is 6.77. The maximum atomic E-state index is 12.6. The first kappa shape index (κ1) is 16.9. The molecule has 0 aliphatic heterocycles. The summed E-state index contributed by atoms with van der Waals surface area (Å²) in [6, 6.07) is 10.9. The third-order valence-electron chi connectivity index (χ3n) is 3.04. The molecule has 2 rings (SSSR count). The summed E-state index contributed by atoms with van der Waals surface area (Å²) in [5.74, 6) is 0.616. The van der Waals surface area contributed by atoms with Gasteiger partial charge in [-0.05, 0) is 49.4 Å². The summed E-state index contributed by atoms with van der Waals surface area (Å²) in [6.07, 6.45) is 0. The van der Waals surface area contributed by atoms with Crippen LogP contribution in [0.5, 0.6) is 5.75 Å². The molecule has 2 aromatic carbocycles. The van der Waals surface area contributed by atoms with Crippen molar-refractivity contribution < 1.29 is 13.2 Å². The number of hydrogen-bond acceptors (Lipinski definition) is 3. The molecular formula is C15H15Cl2NO3S. The molecule has 0 fully saturated rings. The fourth-order valence-corrected chi connectivity index (χ4v) is 3.56. The minimum absolute atomic E-state index is 0.148. The van der Waals surface area contributed by atoms with Crippen LogP contribution in [0.4, 0.5) is 5.69 Å². The topological polar surface area (TPSA) is 46.6 Å². The summed E-state index contributed by atoms with van der Waals surface area (Å²) in [7, 11) is -2.29. The van der Waals surface area contributed by atoms with Gasteiger partial charge in [0.05, 0.1) is 22.2 Å². The molecule has 7 heteroatoms. The van der Waals surface area contributed by atoms with E-state index in [2.05, 4.69) is 0 Å². The molecule has 0 amide bonds. The average molecular weight is 360 g/mol. The van der Waals surface area contributed by atoms with Crippen molar-refractivity contribution in [1.82, 2.24) is 0 Å². The molecule has 0 aliphatic carbocycles. The number of halogens is 2. The van der Waals surface area contributed by atoms with Crippen molar-refractivity contribution in [2.75, 3.05) is 18.0 Å². The number of rotatable bonds is 5. The number of ether oxygens (including phenoxy) is 1. The highest BCUT2D eigenvalue weighted by Gasteiger charge is 2.23. The van der Waals surface area contributed by atoms with Crippen molar-refractivity contribution >= 4 is 38.9 Å². The van der Waals surface area contributed by atoms with Gasteiger partial charge in [-0.3, -0.25) is 4.31 Å². The lowest BCUT2D eigenvalue weighted by Crippen LogP contribution is -2.26. The first-order valence-corrected chi connectivity index (χ1v) is 8.72. The third kappa shape index (κ3) is 3.48. The van der Waals surface area contributed by atoms with E-state index in [-0.39, 0.29) is 4.90 Å². The number of nitrogens with zero attached hydrogens (tertiary/aromatic N) is 1. The predicted octanol–water partition coefficient (Wildman–Crippen LogP) is 4.22. The number of sulfonamides is 1. The fraction of sp³-hybridized carbons (Fsp3) is 0.200. The van der Waals surface area contributed by atoms with Gasteiger partial charge in [-0.15, -0.1) is 0 Å². The number of hydrogen-bond donors (Lipinski definition) is 0. The second-order valence-electron chi connectivity index (χ2n) is 4.47. The number of benzene rings is 2. The Hall–Kier alpha value is -1.43. The van der Waals surface area contributed by atoms with Crippen LogP contribution in [0.2, 0.25) is 10.0 Å². The Kier molecular flexibility index (Phi) is 5.21. The van der Waals surface area contributed by atoms with Gasteiger partial charge < -0.3 is 4.74 Å². The Labute approximate surface area is 140 Å². The van der Waals surface area contributed by atoms with E-state index in [9.17, 15) is 8.42 Å². The summed E-state index contributed by atoms with van der Waals surface area (Å²) < 4.78 is 31.7. The first-order chi connectivity index (χ1) is 10.4. The minimum atomic E-state index is -3.73. The fourth-order valence-electron chi connectivity index (χ4n) is 1.89. The third-order valence-corrected chi connectivity index (χ3v) is 5.38. The SMILES string of the molecule is CCOc1ccc(S(=O)(=O)N(C)c2cc(Cl)ccc2Cl)cc1. The lowest BCUT2D eigenvalue weighted by molar-refractivity contribution is 0.340. The molecule has 0 radical (unpaired) electrons. The molecule has 118 valence electrons. The van der Waals surface area contributed by atoms with Gasteiger partial charge >= 0.3 is 0 Å². The Bertz CT molecular complexity index is 761. The van der Waals surface area contributed by atoms with Crippen molar-refractivity contribution in [1.29, 1.82) is 0 Å². The Morgan fingerprint density at radius 1 is 1.09 bits per heavy atom. The Morgan fingerprint density at radius 3 is 2.32 bits per heavy atom. The van der Waals surface area contributed by atoms with E-state index in [1.165, 1.54) is 25.2 Å². The van der Waals surface area contributed by atoms with Gasteiger partial charge in [0.1, 0.15) is 5.75 Å². The number of anilines is 1. The molecule has 0 saturated heterocycles. The van der Waals surface area contributed by atoms with E-state index in [0.717, 1.165) is 4.31 Å². The van der Waals surface area contributed by atoms with Crippen molar-refractivity contribution in [2.24, 2.45) is 0 Å². The van der Waals surface area contributed by atoms with Crippen LogP contribution in [0, 0.1) is 0 Å². The molecule has 0 heterocycles. The van der Waals surface area contributed by atoms with E-state index in [4.69, 9.17) is 27.9 Å². The average Bonchev–Trinajstić information content (AvgIpc) is 2.50. The zero-order valence-corrected chi connectivity index (χ0v) is 14.4. The van der Waals surface area contributed by atoms with E-state index >= 15 is 0 Å². The molecule has 0 unspecified atom stereocenters. The summed E-state index contributed by atoms with van der Waals surface area (Å²) in [5.41, 5.74) is 0.322. The van der Waals surface area contributed by atoms with Gasteiger partial charge in [0.15, 0.2) is 0 Å². The predicted molar refractivity (Wildman–Crippen MR) is 89.7 cm³/mol. The molecule has 0 saturated carbocycles. The monoisotopic (exact) mass is 359 g/mol. The van der Waals surface area contributed by atoms with Gasteiger partial charge in [-0.1, -0.05) is 23.2 Å². The molecule has 0 atom stereocenters. The smallest absolute Gasteiger partial charge is 0.264 e. The van der Waals surface area contributed by atoms with Crippen LogP contribution >= 0.6 is 23.2 Å². The Balaban J connectivity index is 2.38. The van der Waals surface area contributed by atoms with Crippen molar-refractivity contribution in [3.8, 4) is 5.75 Å². The molecule has 0 N–H and O–H groups in total. The molecule has 22 heavy (non-hydrogen) atoms. The minimum Gasteiger partial charge on any atom is -0.494 e. The molecule has 0 aromatic heterocycles. The lowest BCUT2D eigenvalue weighted by Gasteiger charge is -2.21. The van der Waals surface area contributed by atoms with Crippen LogP contribution in [0.1, 0.15) is 6.92 Å². The zero-order valence-electron chi connectivity index (χ0n) is 12.1. The highest BCUT2D eigenvalue weighted by molar-refractivity contribution is 7.92. The summed E-state index contributed by atoms with van der Waals surface area (Å²) in [6.45, 7) is 2.38. The van der Waals surface area contributed by atoms with Gasteiger partial charge in [0.25, 0.3) is 10.0 Å². The van der Waals surface area contributed by atoms with Crippen molar-refractivity contribution in [3.05, 3.63) is 52.5 Å².